The first kappa shape index (κ1) is 15.1. The molecular weight excluding hydrogens is 310 g/mol. The van der Waals surface area contributed by atoms with Crippen LogP contribution < -0.4 is 5.32 Å². The summed E-state index contributed by atoms with van der Waals surface area (Å²) in [5.74, 6) is 0. The molecule has 0 aliphatic rings. The lowest BCUT2D eigenvalue weighted by Gasteiger charge is -2.21. The molecule has 20 heavy (non-hydrogen) atoms. The van der Waals surface area contributed by atoms with Crippen LogP contribution in [0.5, 0.6) is 0 Å². The second-order valence-corrected chi connectivity index (χ2v) is 6.53. The molecule has 0 aromatic heterocycles. The Morgan fingerprint density at radius 3 is 2.20 bits per heavy atom. The van der Waals surface area contributed by atoms with Gasteiger partial charge in [0, 0.05) is 16.2 Å². The average Bonchev–Trinajstić information content (AvgIpc) is 2.38. The van der Waals surface area contributed by atoms with Crippen molar-refractivity contribution in [2.75, 3.05) is 5.32 Å². The Labute approximate surface area is 130 Å². The fraction of sp³-hybridized carbons (Fsp3) is 0.333. The van der Waals surface area contributed by atoms with Gasteiger partial charge in [0.25, 0.3) is 0 Å². The van der Waals surface area contributed by atoms with Crippen LogP contribution in [0.4, 0.5) is 5.69 Å². The summed E-state index contributed by atoms with van der Waals surface area (Å²) in [6, 6.07) is 11.2. The van der Waals surface area contributed by atoms with Crippen molar-refractivity contribution in [2.45, 2.75) is 40.7 Å². The highest BCUT2D eigenvalue weighted by Gasteiger charge is 2.11. The number of rotatable bonds is 3. The molecule has 1 N–H and O–H groups in total. The fourth-order valence-electron chi connectivity index (χ4n) is 2.51. The molecule has 1 atom stereocenters. The summed E-state index contributed by atoms with van der Waals surface area (Å²) in [5.41, 5.74) is 7.88. The van der Waals surface area contributed by atoms with Gasteiger partial charge in [-0.3, -0.25) is 0 Å². The Morgan fingerprint density at radius 2 is 1.50 bits per heavy atom. The summed E-state index contributed by atoms with van der Waals surface area (Å²) < 4.78 is 1.11. The van der Waals surface area contributed by atoms with E-state index in [1.807, 2.05) is 0 Å². The Kier molecular flexibility index (Phi) is 4.54. The smallest absolute Gasteiger partial charge is 0.0488 e. The highest BCUT2D eigenvalue weighted by atomic mass is 79.9. The van der Waals surface area contributed by atoms with Gasteiger partial charge >= 0.3 is 0 Å². The lowest BCUT2D eigenvalue weighted by Crippen LogP contribution is -2.10. The van der Waals surface area contributed by atoms with E-state index in [2.05, 4.69) is 86.2 Å². The summed E-state index contributed by atoms with van der Waals surface area (Å²) >= 11 is 3.54. The molecule has 1 unspecified atom stereocenters. The molecule has 1 nitrogen and oxygen atoms in total. The predicted molar refractivity (Wildman–Crippen MR) is 91.6 cm³/mol. The van der Waals surface area contributed by atoms with Crippen LogP contribution in [-0.2, 0) is 0 Å². The van der Waals surface area contributed by atoms with Gasteiger partial charge in [-0.15, -0.1) is 0 Å². The molecular formula is C18H22BrN. The van der Waals surface area contributed by atoms with Crippen LogP contribution in [0.2, 0.25) is 0 Å². The average molecular weight is 332 g/mol. The van der Waals surface area contributed by atoms with E-state index >= 15 is 0 Å². The van der Waals surface area contributed by atoms with Crippen molar-refractivity contribution in [3.05, 3.63) is 62.6 Å². The standard InChI is InChI=1S/C18H22BrN/c1-11-6-7-16(19)10-18(11)20-15(5)17-9-13(3)12(2)8-14(17)4/h6-10,15,20H,1-5H3. The molecule has 0 fully saturated rings. The molecule has 0 aliphatic heterocycles. The van der Waals surface area contributed by atoms with Gasteiger partial charge in [0.05, 0.1) is 0 Å². The van der Waals surface area contributed by atoms with Crippen molar-refractivity contribution in [1.29, 1.82) is 0 Å². The SMILES string of the molecule is Cc1cc(C)c(C(C)Nc2cc(Br)ccc2C)cc1C. The van der Waals surface area contributed by atoms with E-state index in [1.165, 1.54) is 33.5 Å². The van der Waals surface area contributed by atoms with Crippen LogP contribution in [0.25, 0.3) is 0 Å². The predicted octanol–water partition coefficient (Wildman–Crippen LogP) is 5.86. The monoisotopic (exact) mass is 331 g/mol. The molecule has 0 radical (unpaired) electrons. The van der Waals surface area contributed by atoms with E-state index in [4.69, 9.17) is 0 Å². The summed E-state index contributed by atoms with van der Waals surface area (Å²) in [6.45, 7) is 10.9. The largest absolute Gasteiger partial charge is 0.378 e. The quantitative estimate of drug-likeness (QED) is 0.743. The maximum atomic E-state index is 3.62. The molecule has 2 aromatic carbocycles. The fourth-order valence-corrected chi connectivity index (χ4v) is 2.87. The number of halogens is 1. The van der Waals surface area contributed by atoms with Gasteiger partial charge in [-0.2, -0.15) is 0 Å². The van der Waals surface area contributed by atoms with Crippen molar-refractivity contribution >= 4 is 21.6 Å². The molecule has 2 aromatic rings. The Hall–Kier alpha value is -1.28. The van der Waals surface area contributed by atoms with Gasteiger partial charge in [-0.1, -0.05) is 34.1 Å². The zero-order valence-corrected chi connectivity index (χ0v) is 14.4. The molecule has 2 rings (SSSR count). The van der Waals surface area contributed by atoms with Crippen LogP contribution in [0.3, 0.4) is 0 Å². The highest BCUT2D eigenvalue weighted by Crippen LogP contribution is 2.28. The minimum absolute atomic E-state index is 0.294. The normalized spacial score (nSPS) is 12.3. The third kappa shape index (κ3) is 3.24. The molecule has 0 heterocycles. The van der Waals surface area contributed by atoms with E-state index in [0.717, 1.165) is 4.47 Å². The summed E-state index contributed by atoms with van der Waals surface area (Å²) in [5, 5.41) is 3.62. The van der Waals surface area contributed by atoms with E-state index in [0.29, 0.717) is 6.04 Å². The lowest BCUT2D eigenvalue weighted by atomic mass is 9.96. The lowest BCUT2D eigenvalue weighted by molar-refractivity contribution is 0.868. The molecule has 0 amide bonds. The van der Waals surface area contributed by atoms with Crippen LogP contribution in [0, 0.1) is 27.7 Å². The maximum Gasteiger partial charge on any atom is 0.0488 e. The van der Waals surface area contributed by atoms with Crippen molar-refractivity contribution in [3.63, 3.8) is 0 Å². The van der Waals surface area contributed by atoms with Gasteiger partial charge in [0.1, 0.15) is 0 Å². The highest BCUT2D eigenvalue weighted by molar-refractivity contribution is 9.10. The van der Waals surface area contributed by atoms with Gasteiger partial charge in [0.2, 0.25) is 0 Å². The van der Waals surface area contributed by atoms with Crippen LogP contribution in [0.1, 0.15) is 40.8 Å². The Balaban J connectivity index is 2.30. The number of hydrogen-bond donors (Lipinski definition) is 1. The first-order valence-corrected chi connectivity index (χ1v) is 7.78. The Bertz CT molecular complexity index is 632. The topological polar surface area (TPSA) is 12.0 Å². The third-order valence-electron chi connectivity index (χ3n) is 3.92. The van der Waals surface area contributed by atoms with E-state index in [-0.39, 0.29) is 0 Å². The summed E-state index contributed by atoms with van der Waals surface area (Å²) in [7, 11) is 0. The molecule has 0 aliphatic carbocycles. The van der Waals surface area contributed by atoms with Gasteiger partial charge < -0.3 is 5.32 Å². The van der Waals surface area contributed by atoms with E-state index in [1.54, 1.807) is 0 Å². The number of hydrogen-bond acceptors (Lipinski definition) is 1. The minimum Gasteiger partial charge on any atom is -0.378 e. The Morgan fingerprint density at radius 1 is 0.850 bits per heavy atom. The molecule has 0 bridgehead atoms. The first-order chi connectivity index (χ1) is 9.38. The van der Waals surface area contributed by atoms with E-state index in [9.17, 15) is 0 Å². The van der Waals surface area contributed by atoms with Crippen molar-refractivity contribution in [3.8, 4) is 0 Å². The van der Waals surface area contributed by atoms with Crippen molar-refractivity contribution < 1.29 is 0 Å². The van der Waals surface area contributed by atoms with Crippen LogP contribution in [-0.4, -0.2) is 0 Å². The number of nitrogens with one attached hydrogen (secondary N) is 1. The molecule has 2 heteroatoms. The second-order valence-electron chi connectivity index (χ2n) is 5.62. The van der Waals surface area contributed by atoms with Gasteiger partial charge in [-0.05, 0) is 74.6 Å². The summed E-state index contributed by atoms with van der Waals surface area (Å²) in [4.78, 5) is 0. The zero-order chi connectivity index (χ0) is 14.9. The molecule has 0 spiro atoms. The molecule has 106 valence electrons. The van der Waals surface area contributed by atoms with E-state index < -0.39 is 0 Å². The minimum atomic E-state index is 0.294. The van der Waals surface area contributed by atoms with Crippen molar-refractivity contribution in [2.24, 2.45) is 0 Å². The van der Waals surface area contributed by atoms with Crippen molar-refractivity contribution in [1.82, 2.24) is 0 Å². The summed E-state index contributed by atoms with van der Waals surface area (Å²) in [6.07, 6.45) is 0. The van der Waals surface area contributed by atoms with Crippen LogP contribution in [0.15, 0.2) is 34.8 Å². The van der Waals surface area contributed by atoms with Gasteiger partial charge in [0.15, 0.2) is 0 Å². The third-order valence-corrected chi connectivity index (χ3v) is 4.41. The molecule has 0 saturated heterocycles. The number of anilines is 1. The first-order valence-electron chi connectivity index (χ1n) is 6.99. The molecule has 0 saturated carbocycles. The van der Waals surface area contributed by atoms with Gasteiger partial charge in [-0.25, -0.2) is 0 Å². The number of benzene rings is 2. The second kappa shape index (κ2) is 6.01. The van der Waals surface area contributed by atoms with Crippen LogP contribution >= 0.6 is 15.9 Å². The zero-order valence-electron chi connectivity index (χ0n) is 12.8. The maximum absolute atomic E-state index is 3.62. The number of aryl methyl sites for hydroxylation is 4.